The Balaban J connectivity index is 1.79. The fraction of sp³-hybridized carbons (Fsp3) is 0.160. The van der Waals surface area contributed by atoms with Crippen LogP contribution in [0, 0.1) is 28.1 Å². The average Bonchev–Trinajstić information content (AvgIpc) is 3.15. The second kappa shape index (κ2) is 7.19. The van der Waals surface area contributed by atoms with Gasteiger partial charge in [-0.15, -0.1) is 0 Å². The van der Waals surface area contributed by atoms with E-state index in [1.54, 1.807) is 24.4 Å². The van der Waals surface area contributed by atoms with Crippen LogP contribution in [0.5, 0.6) is 0 Å². The molecule has 0 radical (unpaired) electrons. The fourth-order valence-electron chi connectivity index (χ4n) is 4.87. The van der Waals surface area contributed by atoms with E-state index in [-0.39, 0.29) is 5.78 Å². The number of carbonyl (C=O) groups excluding carboxylic acids is 1. The second-order valence-corrected chi connectivity index (χ2v) is 7.69. The molecule has 6 heteroatoms. The maximum absolute atomic E-state index is 13.9. The van der Waals surface area contributed by atoms with Crippen molar-refractivity contribution < 1.29 is 4.79 Å². The predicted molar refractivity (Wildman–Crippen MR) is 115 cm³/mol. The van der Waals surface area contributed by atoms with Gasteiger partial charge in [-0.3, -0.25) is 4.79 Å². The number of benzene rings is 2. The Hall–Kier alpha value is -4.29. The van der Waals surface area contributed by atoms with Crippen molar-refractivity contribution in [3.05, 3.63) is 95.8 Å². The molecule has 3 aromatic rings. The van der Waals surface area contributed by atoms with Gasteiger partial charge in [0, 0.05) is 23.4 Å². The monoisotopic (exact) mass is 403 g/mol. The average molecular weight is 403 g/mol. The van der Waals surface area contributed by atoms with E-state index < -0.39 is 23.4 Å². The fourth-order valence-corrected chi connectivity index (χ4v) is 4.87. The van der Waals surface area contributed by atoms with Crippen LogP contribution in [0.15, 0.2) is 79.1 Å². The lowest BCUT2D eigenvalue weighted by Crippen LogP contribution is -2.44. The zero-order valence-electron chi connectivity index (χ0n) is 16.5. The SMILES string of the molecule is N#CC1(C#N)[C@@H]2C=Cc3ccccc3N2[C@@H](C(=O)c2ccccc2)[C@@H]1c1ccnnc1. The van der Waals surface area contributed by atoms with Crippen LogP contribution in [0.1, 0.15) is 27.4 Å². The number of para-hydroxylation sites is 1. The minimum Gasteiger partial charge on any atom is -0.351 e. The summed E-state index contributed by atoms with van der Waals surface area (Å²) in [6.07, 6.45) is 6.87. The van der Waals surface area contributed by atoms with Crippen LogP contribution >= 0.6 is 0 Å². The number of Topliss-reactive ketones (excluding diaryl/α,β-unsaturated/α-hetero) is 1. The molecule has 31 heavy (non-hydrogen) atoms. The van der Waals surface area contributed by atoms with Gasteiger partial charge in [-0.25, -0.2) is 0 Å². The van der Waals surface area contributed by atoms with Gasteiger partial charge in [-0.1, -0.05) is 60.7 Å². The van der Waals surface area contributed by atoms with E-state index in [4.69, 9.17) is 0 Å². The lowest BCUT2D eigenvalue weighted by molar-refractivity contribution is 0.0951. The number of nitriles is 2. The van der Waals surface area contributed by atoms with Crippen LogP contribution in [0.3, 0.4) is 0 Å². The lowest BCUT2D eigenvalue weighted by Gasteiger charge is -2.35. The standard InChI is InChI=1S/C25H17N5O/c26-15-25(16-27)21-11-10-17-6-4-5-9-20(17)30(21)23(22(25)19-12-13-28-29-14-19)24(31)18-7-2-1-3-8-18/h1-14,21-23H/t21-,22-,23+/m0/s1. The Bertz CT molecular complexity index is 1240. The van der Waals surface area contributed by atoms with Gasteiger partial charge < -0.3 is 4.90 Å². The van der Waals surface area contributed by atoms with E-state index in [9.17, 15) is 15.3 Å². The van der Waals surface area contributed by atoms with Crippen molar-refractivity contribution >= 4 is 17.5 Å². The number of nitrogens with zero attached hydrogens (tertiary/aromatic N) is 5. The molecular formula is C25H17N5O. The summed E-state index contributed by atoms with van der Waals surface area (Å²) < 4.78 is 0. The number of fused-ring (bicyclic) bond motifs is 3. The van der Waals surface area contributed by atoms with Crippen LogP contribution in [-0.4, -0.2) is 28.1 Å². The molecule has 0 saturated carbocycles. The van der Waals surface area contributed by atoms with Gasteiger partial charge in [-0.2, -0.15) is 20.7 Å². The van der Waals surface area contributed by atoms with Gasteiger partial charge in [-0.05, 0) is 23.3 Å². The molecule has 1 aromatic heterocycles. The summed E-state index contributed by atoms with van der Waals surface area (Å²) in [5, 5.41) is 28.5. The second-order valence-electron chi connectivity index (χ2n) is 7.69. The maximum Gasteiger partial charge on any atom is 0.185 e. The number of anilines is 1. The predicted octanol–water partition coefficient (Wildman–Crippen LogP) is 3.76. The smallest absolute Gasteiger partial charge is 0.185 e. The molecule has 2 aliphatic rings. The van der Waals surface area contributed by atoms with Crippen molar-refractivity contribution in [2.24, 2.45) is 5.41 Å². The molecule has 0 unspecified atom stereocenters. The van der Waals surface area contributed by atoms with E-state index >= 15 is 0 Å². The molecule has 3 atom stereocenters. The third kappa shape index (κ3) is 2.66. The number of hydrogen-bond donors (Lipinski definition) is 0. The summed E-state index contributed by atoms with van der Waals surface area (Å²) >= 11 is 0. The molecule has 0 aliphatic carbocycles. The summed E-state index contributed by atoms with van der Waals surface area (Å²) in [7, 11) is 0. The lowest BCUT2D eigenvalue weighted by atomic mass is 9.69. The van der Waals surface area contributed by atoms with Crippen molar-refractivity contribution in [2.45, 2.75) is 18.0 Å². The van der Waals surface area contributed by atoms with Gasteiger partial charge in [0.25, 0.3) is 0 Å². The molecule has 0 amide bonds. The number of rotatable bonds is 3. The van der Waals surface area contributed by atoms with Crippen molar-refractivity contribution in [3.8, 4) is 12.1 Å². The zero-order valence-corrected chi connectivity index (χ0v) is 16.5. The van der Waals surface area contributed by atoms with Crippen LogP contribution in [-0.2, 0) is 0 Å². The molecular weight excluding hydrogens is 386 g/mol. The molecule has 1 saturated heterocycles. The van der Waals surface area contributed by atoms with Crippen LogP contribution in [0.25, 0.3) is 6.08 Å². The molecule has 3 heterocycles. The van der Waals surface area contributed by atoms with Crippen LogP contribution in [0.4, 0.5) is 5.69 Å². The number of aromatic nitrogens is 2. The highest BCUT2D eigenvalue weighted by Crippen LogP contribution is 2.55. The topological polar surface area (TPSA) is 93.7 Å². The zero-order chi connectivity index (χ0) is 21.4. The third-order valence-electron chi connectivity index (χ3n) is 6.21. The summed E-state index contributed by atoms with van der Waals surface area (Å²) in [5.41, 5.74) is 1.50. The van der Waals surface area contributed by atoms with Crippen molar-refractivity contribution in [1.82, 2.24) is 10.2 Å². The van der Waals surface area contributed by atoms with Crippen LogP contribution in [0.2, 0.25) is 0 Å². The molecule has 5 rings (SSSR count). The Morgan fingerprint density at radius 2 is 1.71 bits per heavy atom. The van der Waals surface area contributed by atoms with E-state index in [1.165, 1.54) is 6.20 Å². The van der Waals surface area contributed by atoms with Gasteiger partial charge >= 0.3 is 0 Å². The molecule has 0 spiro atoms. The van der Waals surface area contributed by atoms with E-state index in [1.807, 2.05) is 59.5 Å². The quantitative estimate of drug-likeness (QED) is 0.618. The third-order valence-corrected chi connectivity index (χ3v) is 6.21. The first-order chi connectivity index (χ1) is 15.2. The molecule has 1 fully saturated rings. The number of hydrogen-bond acceptors (Lipinski definition) is 6. The highest BCUT2D eigenvalue weighted by Gasteiger charge is 2.63. The van der Waals surface area contributed by atoms with Crippen molar-refractivity contribution in [2.75, 3.05) is 4.90 Å². The van der Waals surface area contributed by atoms with Gasteiger partial charge in [0.2, 0.25) is 0 Å². The van der Waals surface area contributed by atoms with Gasteiger partial charge in [0.1, 0.15) is 6.04 Å². The summed E-state index contributed by atoms with van der Waals surface area (Å²) in [5.74, 6) is -0.837. The van der Waals surface area contributed by atoms with E-state index in [0.29, 0.717) is 11.1 Å². The maximum atomic E-state index is 13.9. The minimum atomic E-state index is -1.47. The first-order valence-corrected chi connectivity index (χ1v) is 9.95. The molecule has 0 bridgehead atoms. The highest BCUT2D eigenvalue weighted by molar-refractivity contribution is 6.04. The van der Waals surface area contributed by atoms with E-state index in [0.717, 1.165) is 11.3 Å². The molecule has 2 aliphatic heterocycles. The Morgan fingerprint density at radius 3 is 2.42 bits per heavy atom. The summed E-state index contributed by atoms with van der Waals surface area (Å²) in [6, 6.07) is 21.7. The van der Waals surface area contributed by atoms with Crippen molar-refractivity contribution in [1.29, 1.82) is 10.5 Å². The largest absolute Gasteiger partial charge is 0.351 e. The summed E-state index contributed by atoms with van der Waals surface area (Å²) in [4.78, 5) is 15.8. The molecule has 6 nitrogen and oxygen atoms in total. The summed E-state index contributed by atoms with van der Waals surface area (Å²) in [6.45, 7) is 0. The first kappa shape index (κ1) is 18.7. The van der Waals surface area contributed by atoms with Crippen molar-refractivity contribution in [3.63, 3.8) is 0 Å². The first-order valence-electron chi connectivity index (χ1n) is 9.95. The van der Waals surface area contributed by atoms with Crippen LogP contribution < -0.4 is 4.90 Å². The van der Waals surface area contributed by atoms with Gasteiger partial charge in [0.05, 0.1) is 24.4 Å². The van der Waals surface area contributed by atoms with E-state index in [2.05, 4.69) is 22.3 Å². The Labute approximate surface area is 179 Å². The number of ketones is 1. The molecule has 0 N–H and O–H groups in total. The van der Waals surface area contributed by atoms with Gasteiger partial charge in [0.15, 0.2) is 11.2 Å². The Kier molecular flexibility index (Phi) is 4.34. The molecule has 148 valence electrons. The minimum absolute atomic E-state index is 0.134. The highest BCUT2D eigenvalue weighted by atomic mass is 16.1. The molecule has 2 aromatic carbocycles. The number of carbonyl (C=O) groups is 1. The Morgan fingerprint density at radius 1 is 0.968 bits per heavy atom. The normalized spacial score (nSPS) is 22.6.